The summed E-state index contributed by atoms with van der Waals surface area (Å²) in [5.74, 6) is -1.26. The average molecular weight is 1770 g/mol. The first-order chi connectivity index (χ1) is 51.7. The summed E-state index contributed by atoms with van der Waals surface area (Å²) < 4.78 is 70.6. The van der Waals surface area contributed by atoms with Gasteiger partial charge < -0.3 is 65.7 Å². The Bertz CT molecular complexity index is 3790. The normalized spacial score (nSPS) is 16.7. The van der Waals surface area contributed by atoms with Crippen LogP contribution in [-0.4, -0.2) is 177 Å². The predicted octanol–water partition coefficient (Wildman–Crippen LogP) is 25.5. The summed E-state index contributed by atoms with van der Waals surface area (Å²) in [5.41, 5.74) is 9.26. The lowest BCUT2D eigenvalue weighted by Crippen LogP contribution is -2.65. The summed E-state index contributed by atoms with van der Waals surface area (Å²) in [6.45, 7) is 87.6. The van der Waals surface area contributed by atoms with Gasteiger partial charge in [-0.25, -0.2) is 14.4 Å². The number of carbonyl (C=O) groups excluding carboxylic acids is 2. The number of fused-ring (bicyclic) bond motifs is 6. The standard InChI is InChI=1S/C45H79NO8Si4.C45H81NO7Si4.2CH4/c1-42(2,3)55(13,14)51-36(29-46-41(49)50-30-35-33-27-23-21-25-31(33)32-26-22-24-28-34(32)35)37(52-56(15,16)43(4,5)6)38(53-57(17,18)44(7,8)9)39(40(47)48)54-58(19,20)45(10,11)12;1-42(2,3)54(13,14)50-37(29-46-41(48)49-31-36-34-27-23-21-25-32(34)33-26-22-24-28-35(33)36)39(52-56(17,18)44(7,8)9)40(53-57(19,20)45(10,11)12)38(30-47)51-55(15,16)43(4,5)6;;/h21-28,35-39H,29-30H2,1-20H3,(H,46,49)(H,47,48);21-28,36-40,47H,29-31H2,1-20H3,(H,46,48);2*1H4. The number of aliphatic carboxylic acids is 1. The first-order valence-corrected chi connectivity index (χ1v) is 65.4. The first kappa shape index (κ1) is 107. The second kappa shape index (κ2) is 39.2. The lowest BCUT2D eigenvalue weighted by molar-refractivity contribution is -0.157. The van der Waals surface area contributed by atoms with Crippen molar-refractivity contribution in [2.24, 2.45) is 0 Å². The molecule has 2 amide bonds. The van der Waals surface area contributed by atoms with E-state index >= 15 is 0 Å². The van der Waals surface area contributed by atoms with Crippen LogP contribution in [0.2, 0.25) is 145 Å². The smallest absolute Gasteiger partial charge is 0.407 e. The summed E-state index contributed by atoms with van der Waals surface area (Å²) in [6, 6.07) is 33.2. The van der Waals surface area contributed by atoms with Crippen LogP contribution in [0.1, 0.15) is 215 Å². The molecule has 8 unspecified atom stereocenters. The van der Waals surface area contributed by atoms with E-state index in [1.807, 2.05) is 36.4 Å². The molecule has 0 bridgehead atoms. The molecule has 4 aromatic carbocycles. The van der Waals surface area contributed by atoms with Crippen LogP contribution in [0.25, 0.3) is 22.3 Å². The Morgan fingerprint density at radius 2 is 0.513 bits per heavy atom. The molecule has 4 N–H and O–H groups in total. The van der Waals surface area contributed by atoms with Gasteiger partial charge in [0.1, 0.15) is 19.3 Å². The van der Waals surface area contributed by atoms with Gasteiger partial charge in [0.2, 0.25) is 0 Å². The van der Waals surface area contributed by atoms with E-state index in [-0.39, 0.29) is 99.9 Å². The Balaban J connectivity index is 0.000000595. The number of rotatable bonds is 32. The quantitative estimate of drug-likeness (QED) is 0.0335. The van der Waals surface area contributed by atoms with E-state index in [1.54, 1.807) is 0 Å². The van der Waals surface area contributed by atoms with Crippen molar-refractivity contribution >= 4 is 84.7 Å². The van der Waals surface area contributed by atoms with Gasteiger partial charge in [0.05, 0.1) is 43.2 Å². The van der Waals surface area contributed by atoms with Gasteiger partial charge >= 0.3 is 18.2 Å². The molecule has 17 nitrogen and oxygen atoms in total. The average Bonchev–Trinajstić information content (AvgIpc) is 0.942. The molecule has 6 rings (SSSR count). The highest BCUT2D eigenvalue weighted by molar-refractivity contribution is 6.77. The number of alkyl carbamates (subject to hydrolysis) is 2. The fourth-order valence-electron chi connectivity index (χ4n) is 12.2. The summed E-state index contributed by atoms with van der Waals surface area (Å²) in [4.78, 5) is 41.5. The number of nitrogens with one attached hydrogen (secondary N) is 2. The molecule has 0 spiro atoms. The van der Waals surface area contributed by atoms with Crippen molar-refractivity contribution in [3.63, 3.8) is 0 Å². The van der Waals surface area contributed by atoms with Crippen LogP contribution in [-0.2, 0) is 49.7 Å². The van der Waals surface area contributed by atoms with Crippen LogP contribution >= 0.6 is 0 Å². The molecule has 0 aromatic heterocycles. The summed E-state index contributed by atoms with van der Waals surface area (Å²) in [6.07, 6.45) is -7.88. The molecule has 8 atom stereocenters. The monoisotopic (exact) mass is 1770 g/mol. The Morgan fingerprint density at radius 3 is 0.744 bits per heavy atom. The van der Waals surface area contributed by atoms with Gasteiger partial charge in [-0.1, -0.05) is 278 Å². The number of ether oxygens (including phenoxy) is 2. The number of amides is 2. The number of carboxylic acid groups (broad SMARTS) is 1. The van der Waals surface area contributed by atoms with Crippen LogP contribution in [0.3, 0.4) is 0 Å². The highest BCUT2D eigenvalue weighted by Crippen LogP contribution is 2.51. The molecule has 0 saturated heterocycles. The minimum atomic E-state index is -2.70. The maximum absolute atomic E-state index is 13.9. The molecule has 2 aliphatic rings. The van der Waals surface area contributed by atoms with Crippen LogP contribution in [0.4, 0.5) is 9.59 Å². The fraction of sp³-hybridized carbons (Fsp3) is 0.707. The van der Waals surface area contributed by atoms with Gasteiger partial charge in [0.15, 0.2) is 72.6 Å². The number of aliphatic hydroxyl groups is 1. The van der Waals surface area contributed by atoms with Crippen LogP contribution in [0.15, 0.2) is 97.1 Å². The number of aliphatic hydroxyl groups excluding tert-OH is 1. The molecule has 25 heteroatoms. The molecule has 0 fully saturated rings. The van der Waals surface area contributed by atoms with E-state index in [0.29, 0.717) is 0 Å². The van der Waals surface area contributed by atoms with E-state index in [2.05, 4.69) is 342 Å². The molecule has 0 aliphatic heterocycles. The minimum Gasteiger partial charge on any atom is -0.479 e. The molecule has 2 aliphatic carbocycles. The topological polar surface area (TPSA) is 208 Å². The van der Waals surface area contributed by atoms with Gasteiger partial charge in [-0.3, -0.25) is 0 Å². The van der Waals surface area contributed by atoms with Crippen molar-refractivity contribution in [1.29, 1.82) is 0 Å². The Kier molecular flexibility index (Phi) is 36.0. The van der Waals surface area contributed by atoms with Crippen molar-refractivity contribution in [1.82, 2.24) is 10.6 Å². The molecule has 0 radical (unpaired) electrons. The zero-order valence-corrected chi connectivity index (χ0v) is 87.2. The van der Waals surface area contributed by atoms with Crippen molar-refractivity contribution in [2.75, 3.05) is 32.9 Å². The summed E-state index contributed by atoms with van der Waals surface area (Å²) in [7, 11) is -20.7. The highest BCUT2D eigenvalue weighted by atomic mass is 28.4. The van der Waals surface area contributed by atoms with E-state index in [1.165, 1.54) is 11.1 Å². The summed E-state index contributed by atoms with van der Waals surface area (Å²) >= 11 is 0. The molecular weight excluding hydrogens is 1600 g/mol. The molecule has 668 valence electrons. The number of hydrogen-bond acceptors (Lipinski definition) is 14. The van der Waals surface area contributed by atoms with Crippen molar-refractivity contribution < 1.29 is 69.5 Å². The van der Waals surface area contributed by atoms with Crippen molar-refractivity contribution in [2.45, 2.75) is 387 Å². The molecular formula is C92H168N2O15Si8. The van der Waals surface area contributed by atoms with Gasteiger partial charge in [-0.05, 0) is 190 Å². The van der Waals surface area contributed by atoms with Gasteiger partial charge in [-0.2, -0.15) is 0 Å². The van der Waals surface area contributed by atoms with Crippen molar-refractivity contribution in [3.05, 3.63) is 119 Å². The van der Waals surface area contributed by atoms with Crippen LogP contribution < -0.4 is 10.6 Å². The predicted molar refractivity (Wildman–Crippen MR) is 511 cm³/mol. The largest absolute Gasteiger partial charge is 0.479 e. The zero-order chi connectivity index (χ0) is 88.5. The first-order valence-electron chi connectivity index (χ1n) is 42.2. The second-order valence-corrected chi connectivity index (χ2v) is 82.9. The molecule has 117 heavy (non-hydrogen) atoms. The van der Waals surface area contributed by atoms with Gasteiger partial charge in [-0.15, -0.1) is 0 Å². The van der Waals surface area contributed by atoms with E-state index in [4.69, 9.17) is 44.9 Å². The molecule has 4 aromatic rings. The van der Waals surface area contributed by atoms with Crippen LogP contribution in [0.5, 0.6) is 0 Å². The zero-order valence-electron chi connectivity index (χ0n) is 79.2. The highest BCUT2D eigenvalue weighted by Gasteiger charge is 2.57. The fourth-order valence-corrected chi connectivity index (χ4v) is 22.6. The second-order valence-electron chi connectivity index (χ2n) is 44.9. The third-order valence-corrected chi connectivity index (χ3v) is 63.8. The number of carboxylic acids is 1. The molecule has 0 saturated carbocycles. The number of benzene rings is 4. The van der Waals surface area contributed by atoms with Gasteiger partial charge in [0, 0.05) is 24.9 Å². The Morgan fingerprint density at radius 1 is 0.316 bits per heavy atom. The SMILES string of the molecule is C.C.CC(C)(C)[Si](C)(C)OC(CNC(=O)OCC1c2ccccc2-c2ccccc21)C(O[Si](C)(C)C(C)(C)C)C(O[Si](C)(C)C(C)(C)C)C(O[Si](C)(C)C(C)(C)C)C(=O)O.CC(C)(C)[Si](C)(C)OC(CO)C(O[Si](C)(C)C(C)(C)C)C(O[Si](C)(C)C(C)(C)C)C(CNC(=O)OCC1c2ccccc2-c2ccccc21)O[Si](C)(C)C(C)(C)C. The van der Waals surface area contributed by atoms with Crippen LogP contribution in [0, 0.1) is 0 Å². The van der Waals surface area contributed by atoms with E-state index in [0.717, 1.165) is 33.4 Å². The number of carbonyl (C=O) groups is 3. The third kappa shape index (κ3) is 26.7. The third-order valence-electron chi connectivity index (χ3n) is 28.0. The lowest BCUT2D eigenvalue weighted by Gasteiger charge is -2.51. The Hall–Kier alpha value is -3.73. The number of hydrogen-bond donors (Lipinski definition) is 4. The molecule has 0 heterocycles. The summed E-state index contributed by atoms with van der Waals surface area (Å²) in [5, 5.41) is 27.3. The maximum Gasteiger partial charge on any atom is 0.407 e. The minimum absolute atomic E-state index is 0. The van der Waals surface area contributed by atoms with E-state index < -0.39 is 134 Å². The van der Waals surface area contributed by atoms with Crippen molar-refractivity contribution in [3.8, 4) is 22.3 Å². The lowest BCUT2D eigenvalue weighted by atomic mass is 9.98. The van der Waals surface area contributed by atoms with E-state index in [9.17, 15) is 24.6 Å². The Labute approximate surface area is 721 Å². The maximum atomic E-state index is 13.9. The van der Waals surface area contributed by atoms with Gasteiger partial charge in [0.25, 0.3) is 0 Å².